The summed E-state index contributed by atoms with van der Waals surface area (Å²) in [6.07, 6.45) is 3.35. The lowest BCUT2D eigenvalue weighted by Crippen LogP contribution is -2.39. The first kappa shape index (κ1) is 16.7. The number of hydrogen-bond donors (Lipinski definition) is 1. The second-order valence-electron chi connectivity index (χ2n) is 6.83. The number of nitrogens with one attached hydrogen (secondary N) is 1. The van der Waals surface area contributed by atoms with Gasteiger partial charge in [-0.25, -0.2) is 9.78 Å². The molecular formula is C20H22N4O2. The third-order valence-corrected chi connectivity index (χ3v) is 5.06. The van der Waals surface area contributed by atoms with Crippen LogP contribution in [0.25, 0.3) is 11.0 Å². The third kappa shape index (κ3) is 2.97. The molecule has 0 spiro atoms. The van der Waals surface area contributed by atoms with E-state index in [9.17, 15) is 9.59 Å². The van der Waals surface area contributed by atoms with Crippen LogP contribution in [0, 0.1) is 0 Å². The average molecular weight is 350 g/mol. The van der Waals surface area contributed by atoms with Crippen LogP contribution in [0.2, 0.25) is 0 Å². The molecule has 0 bridgehead atoms. The van der Waals surface area contributed by atoms with E-state index < -0.39 is 0 Å². The summed E-state index contributed by atoms with van der Waals surface area (Å²) in [6, 6.07) is 13.6. The molecule has 0 aliphatic carbocycles. The van der Waals surface area contributed by atoms with Gasteiger partial charge < -0.3 is 5.32 Å². The van der Waals surface area contributed by atoms with Crippen molar-refractivity contribution in [2.45, 2.75) is 31.8 Å². The largest absolute Gasteiger partial charge is 0.332 e. The van der Waals surface area contributed by atoms with Crippen LogP contribution in [0.15, 0.2) is 52.1 Å². The lowest BCUT2D eigenvalue weighted by molar-refractivity contribution is 0.405. The van der Waals surface area contributed by atoms with Gasteiger partial charge in [-0.2, -0.15) is 0 Å². The Bertz CT molecular complexity index is 1050. The molecule has 1 aromatic carbocycles. The summed E-state index contributed by atoms with van der Waals surface area (Å²) in [7, 11) is 1.52. The van der Waals surface area contributed by atoms with Crippen LogP contribution in [-0.2, 0) is 13.6 Å². The number of benzene rings is 1. The zero-order chi connectivity index (χ0) is 18.1. The van der Waals surface area contributed by atoms with Crippen molar-refractivity contribution < 1.29 is 0 Å². The van der Waals surface area contributed by atoms with E-state index in [0.29, 0.717) is 17.6 Å². The summed E-state index contributed by atoms with van der Waals surface area (Å²) in [5.74, 6) is 0. The zero-order valence-electron chi connectivity index (χ0n) is 14.8. The minimum Gasteiger partial charge on any atom is -0.309 e. The summed E-state index contributed by atoms with van der Waals surface area (Å²) in [6.45, 7) is 1.36. The highest BCUT2D eigenvalue weighted by molar-refractivity contribution is 5.74. The number of aromatic nitrogens is 3. The SMILES string of the molecule is Cn1c(=O)c2ccc([C@H]3CCCCN3)nc2n(Cc2ccccc2)c1=O. The van der Waals surface area contributed by atoms with Gasteiger partial charge in [0.2, 0.25) is 0 Å². The van der Waals surface area contributed by atoms with Gasteiger partial charge in [0.1, 0.15) is 5.65 Å². The first-order chi connectivity index (χ1) is 12.6. The first-order valence-electron chi connectivity index (χ1n) is 9.03. The smallest absolute Gasteiger partial charge is 0.309 e. The Labute approximate surface area is 151 Å². The fourth-order valence-corrected chi connectivity index (χ4v) is 3.58. The molecule has 2 aromatic heterocycles. The van der Waals surface area contributed by atoms with E-state index in [1.54, 1.807) is 10.6 Å². The van der Waals surface area contributed by atoms with Gasteiger partial charge in [0.15, 0.2) is 0 Å². The Balaban J connectivity index is 1.89. The molecule has 3 aromatic rings. The van der Waals surface area contributed by atoms with Crippen LogP contribution >= 0.6 is 0 Å². The Kier molecular flexibility index (Phi) is 4.42. The normalized spacial score (nSPS) is 17.5. The molecule has 0 amide bonds. The van der Waals surface area contributed by atoms with Gasteiger partial charge in [-0.15, -0.1) is 0 Å². The van der Waals surface area contributed by atoms with Gasteiger partial charge in [0.25, 0.3) is 5.56 Å². The summed E-state index contributed by atoms with van der Waals surface area (Å²) >= 11 is 0. The van der Waals surface area contributed by atoms with E-state index in [1.165, 1.54) is 13.5 Å². The zero-order valence-corrected chi connectivity index (χ0v) is 14.8. The first-order valence-corrected chi connectivity index (χ1v) is 9.03. The predicted octanol–water partition coefficient (Wildman–Crippen LogP) is 1.96. The fourth-order valence-electron chi connectivity index (χ4n) is 3.58. The second kappa shape index (κ2) is 6.88. The summed E-state index contributed by atoms with van der Waals surface area (Å²) in [5, 5.41) is 3.95. The Morgan fingerprint density at radius 3 is 2.65 bits per heavy atom. The van der Waals surface area contributed by atoms with Gasteiger partial charge in [-0.3, -0.25) is 13.9 Å². The van der Waals surface area contributed by atoms with Crippen molar-refractivity contribution in [3.05, 3.63) is 74.6 Å². The van der Waals surface area contributed by atoms with Crippen molar-refractivity contribution in [3.8, 4) is 0 Å². The number of hydrogen-bond acceptors (Lipinski definition) is 4. The number of pyridine rings is 1. The topological polar surface area (TPSA) is 68.9 Å². The maximum Gasteiger partial charge on any atom is 0.332 e. The average Bonchev–Trinajstić information content (AvgIpc) is 2.70. The molecular weight excluding hydrogens is 328 g/mol. The van der Waals surface area contributed by atoms with Crippen LogP contribution in [0.4, 0.5) is 0 Å². The summed E-state index contributed by atoms with van der Waals surface area (Å²) < 4.78 is 2.75. The van der Waals surface area contributed by atoms with E-state index in [-0.39, 0.29) is 17.3 Å². The maximum atomic E-state index is 12.8. The fraction of sp³-hybridized carbons (Fsp3) is 0.350. The van der Waals surface area contributed by atoms with Crippen molar-refractivity contribution in [2.24, 2.45) is 7.05 Å². The number of fused-ring (bicyclic) bond motifs is 1. The molecule has 1 fully saturated rings. The highest BCUT2D eigenvalue weighted by Crippen LogP contribution is 2.22. The van der Waals surface area contributed by atoms with Crippen LogP contribution < -0.4 is 16.6 Å². The van der Waals surface area contributed by atoms with E-state index >= 15 is 0 Å². The number of piperidine rings is 1. The highest BCUT2D eigenvalue weighted by atomic mass is 16.2. The molecule has 1 saturated heterocycles. The molecule has 134 valence electrons. The van der Waals surface area contributed by atoms with Crippen molar-refractivity contribution in [1.82, 2.24) is 19.4 Å². The van der Waals surface area contributed by atoms with Crippen LogP contribution in [0.5, 0.6) is 0 Å². The molecule has 26 heavy (non-hydrogen) atoms. The summed E-state index contributed by atoms with van der Waals surface area (Å²) in [4.78, 5) is 30.0. The Morgan fingerprint density at radius 1 is 1.12 bits per heavy atom. The van der Waals surface area contributed by atoms with Crippen molar-refractivity contribution >= 4 is 11.0 Å². The van der Waals surface area contributed by atoms with Crippen LogP contribution in [-0.4, -0.2) is 20.7 Å². The van der Waals surface area contributed by atoms with Gasteiger partial charge in [0, 0.05) is 13.1 Å². The van der Waals surface area contributed by atoms with Crippen molar-refractivity contribution in [2.75, 3.05) is 6.54 Å². The number of nitrogens with zero attached hydrogens (tertiary/aromatic N) is 3. The molecule has 0 saturated carbocycles. The highest BCUT2D eigenvalue weighted by Gasteiger charge is 2.19. The van der Waals surface area contributed by atoms with Gasteiger partial charge in [-0.1, -0.05) is 36.8 Å². The lowest BCUT2D eigenvalue weighted by atomic mass is 10.0. The van der Waals surface area contributed by atoms with Crippen LogP contribution in [0.1, 0.15) is 36.6 Å². The second-order valence-corrected chi connectivity index (χ2v) is 6.83. The minimum atomic E-state index is -0.340. The lowest BCUT2D eigenvalue weighted by Gasteiger charge is -2.23. The summed E-state index contributed by atoms with van der Waals surface area (Å²) in [5.41, 5.74) is 1.72. The molecule has 1 N–H and O–H groups in total. The standard InChI is InChI=1S/C20H22N4O2/c1-23-19(25)15-10-11-17(16-9-5-6-12-21-16)22-18(15)24(20(23)26)13-14-7-3-2-4-8-14/h2-4,7-8,10-11,16,21H,5-6,9,12-13H2,1H3/t16-/m1/s1. The molecule has 0 unspecified atom stereocenters. The maximum absolute atomic E-state index is 12.8. The van der Waals surface area contributed by atoms with Crippen molar-refractivity contribution in [1.29, 1.82) is 0 Å². The molecule has 3 heterocycles. The monoisotopic (exact) mass is 350 g/mol. The third-order valence-electron chi connectivity index (χ3n) is 5.06. The van der Waals surface area contributed by atoms with Crippen LogP contribution in [0.3, 0.4) is 0 Å². The number of rotatable bonds is 3. The molecule has 4 rings (SSSR count). The Hall–Kier alpha value is -2.73. The van der Waals surface area contributed by atoms with Gasteiger partial charge in [-0.05, 0) is 37.1 Å². The Morgan fingerprint density at radius 2 is 1.92 bits per heavy atom. The van der Waals surface area contributed by atoms with E-state index in [4.69, 9.17) is 4.98 Å². The molecule has 1 atom stereocenters. The van der Waals surface area contributed by atoms with Gasteiger partial charge >= 0.3 is 5.69 Å². The molecule has 6 heteroatoms. The molecule has 6 nitrogen and oxygen atoms in total. The predicted molar refractivity (Wildman–Crippen MR) is 101 cm³/mol. The van der Waals surface area contributed by atoms with E-state index in [2.05, 4.69) is 5.32 Å². The van der Waals surface area contributed by atoms with Gasteiger partial charge in [0.05, 0.1) is 17.6 Å². The minimum absolute atomic E-state index is 0.178. The molecule has 0 radical (unpaired) electrons. The quantitative estimate of drug-likeness (QED) is 0.784. The van der Waals surface area contributed by atoms with Crippen molar-refractivity contribution in [3.63, 3.8) is 0 Å². The van der Waals surface area contributed by atoms with E-state index in [0.717, 1.165) is 35.2 Å². The molecule has 1 aliphatic heterocycles. The molecule has 1 aliphatic rings. The van der Waals surface area contributed by atoms with E-state index in [1.807, 2.05) is 36.4 Å².